The van der Waals surface area contributed by atoms with Crippen molar-refractivity contribution in [2.75, 3.05) is 26.7 Å². The summed E-state index contributed by atoms with van der Waals surface area (Å²) >= 11 is 0. The Labute approximate surface area is 166 Å². The smallest absolute Gasteiger partial charge is 0.352 e. The van der Waals surface area contributed by atoms with E-state index in [9.17, 15) is 23.3 Å². The molecule has 2 rings (SSSR count). The highest BCUT2D eigenvalue weighted by Gasteiger charge is 2.34. The number of benzene rings is 1. The fourth-order valence-electron chi connectivity index (χ4n) is 2.70. The molecule has 11 heteroatoms. The predicted molar refractivity (Wildman–Crippen MR) is 103 cm³/mol. The van der Waals surface area contributed by atoms with Crippen LogP contribution in [0.15, 0.2) is 29.3 Å². The molecular formula is C15H21F3IN5O2. The number of nitrogens with zero attached hydrogens (tertiary/aromatic N) is 3. The second-order valence-corrected chi connectivity index (χ2v) is 5.83. The molecule has 0 aromatic heterocycles. The largest absolute Gasteiger partial charge is 0.401 e. The lowest BCUT2D eigenvalue weighted by atomic mass is 10.2. The first-order valence-electron chi connectivity index (χ1n) is 7.76. The minimum absolute atomic E-state index is 0. The number of hydrogen-bond donors (Lipinski definition) is 2. The number of guanidine groups is 1. The molecule has 0 bridgehead atoms. The Bertz CT molecular complexity index is 642. The van der Waals surface area contributed by atoms with E-state index >= 15 is 0 Å². The van der Waals surface area contributed by atoms with Gasteiger partial charge in [0, 0.05) is 44.9 Å². The van der Waals surface area contributed by atoms with Crippen molar-refractivity contribution in [2.45, 2.75) is 25.2 Å². The molecule has 1 aliphatic heterocycles. The van der Waals surface area contributed by atoms with Crippen LogP contribution < -0.4 is 10.6 Å². The molecule has 1 aliphatic rings. The summed E-state index contributed by atoms with van der Waals surface area (Å²) in [6, 6.07) is 6.08. The molecule has 2 N–H and O–H groups in total. The lowest BCUT2D eigenvalue weighted by Crippen LogP contribution is -2.44. The van der Waals surface area contributed by atoms with Crippen molar-refractivity contribution in [3.63, 3.8) is 0 Å². The average Bonchev–Trinajstić information content (AvgIpc) is 2.96. The van der Waals surface area contributed by atoms with Gasteiger partial charge in [-0.2, -0.15) is 13.2 Å². The molecule has 1 heterocycles. The molecule has 1 unspecified atom stereocenters. The van der Waals surface area contributed by atoms with Gasteiger partial charge in [-0.05, 0) is 12.0 Å². The van der Waals surface area contributed by atoms with E-state index in [0.29, 0.717) is 31.0 Å². The molecular weight excluding hydrogens is 466 g/mol. The second-order valence-electron chi connectivity index (χ2n) is 5.83. The van der Waals surface area contributed by atoms with Gasteiger partial charge < -0.3 is 10.6 Å². The number of alkyl halides is 3. The summed E-state index contributed by atoms with van der Waals surface area (Å²) in [4.78, 5) is 15.7. The van der Waals surface area contributed by atoms with Crippen molar-refractivity contribution in [3.8, 4) is 0 Å². The zero-order valence-electron chi connectivity index (χ0n) is 14.1. The SMILES string of the molecule is CN=C(NCc1cccc([N+](=O)[O-])c1)NC1CCN(CC(F)(F)F)C1.I. The van der Waals surface area contributed by atoms with Gasteiger partial charge in [-0.1, -0.05) is 12.1 Å². The maximum Gasteiger partial charge on any atom is 0.401 e. The molecule has 1 aromatic rings. The van der Waals surface area contributed by atoms with E-state index in [2.05, 4.69) is 15.6 Å². The van der Waals surface area contributed by atoms with E-state index in [1.165, 1.54) is 17.0 Å². The number of nitrogens with one attached hydrogen (secondary N) is 2. The predicted octanol–water partition coefficient (Wildman–Crippen LogP) is 2.51. The first-order valence-corrected chi connectivity index (χ1v) is 7.76. The van der Waals surface area contributed by atoms with Crippen LogP contribution in [0.25, 0.3) is 0 Å². The third-order valence-electron chi connectivity index (χ3n) is 3.82. The van der Waals surface area contributed by atoms with Crippen LogP contribution in [0.3, 0.4) is 0 Å². The van der Waals surface area contributed by atoms with Gasteiger partial charge in [-0.25, -0.2) is 0 Å². The fraction of sp³-hybridized carbons (Fsp3) is 0.533. The Kier molecular flexibility index (Phi) is 8.53. The number of likely N-dealkylation sites (tertiary alicyclic amines) is 1. The number of nitro benzene ring substituents is 1. The zero-order chi connectivity index (χ0) is 18.4. The summed E-state index contributed by atoms with van der Waals surface area (Å²) in [6.45, 7) is 0.0707. The van der Waals surface area contributed by atoms with Crippen molar-refractivity contribution < 1.29 is 18.1 Å². The number of nitro groups is 1. The second kappa shape index (κ2) is 9.90. The van der Waals surface area contributed by atoms with Crippen molar-refractivity contribution >= 4 is 35.6 Å². The molecule has 0 amide bonds. The van der Waals surface area contributed by atoms with Gasteiger partial charge in [-0.15, -0.1) is 24.0 Å². The Morgan fingerprint density at radius 3 is 2.81 bits per heavy atom. The molecule has 7 nitrogen and oxygen atoms in total. The molecule has 1 saturated heterocycles. The molecule has 1 aromatic carbocycles. The molecule has 1 atom stereocenters. The molecule has 1 fully saturated rings. The lowest BCUT2D eigenvalue weighted by Gasteiger charge is -2.19. The highest BCUT2D eigenvalue weighted by atomic mass is 127. The van der Waals surface area contributed by atoms with Gasteiger partial charge in [-0.3, -0.25) is 20.0 Å². The van der Waals surface area contributed by atoms with E-state index in [0.717, 1.165) is 0 Å². The van der Waals surface area contributed by atoms with Gasteiger partial charge >= 0.3 is 6.18 Å². The van der Waals surface area contributed by atoms with E-state index in [4.69, 9.17) is 0 Å². The Morgan fingerprint density at radius 1 is 1.46 bits per heavy atom. The topological polar surface area (TPSA) is 82.8 Å². The monoisotopic (exact) mass is 487 g/mol. The van der Waals surface area contributed by atoms with Gasteiger partial charge in [0.1, 0.15) is 0 Å². The molecule has 0 aliphatic carbocycles. The van der Waals surface area contributed by atoms with Crippen LogP contribution in [-0.2, 0) is 6.54 Å². The number of rotatable bonds is 5. The van der Waals surface area contributed by atoms with Crippen LogP contribution in [0.1, 0.15) is 12.0 Å². The van der Waals surface area contributed by atoms with E-state index in [-0.39, 0.29) is 42.3 Å². The Morgan fingerprint density at radius 2 is 2.19 bits per heavy atom. The quantitative estimate of drug-likeness (QED) is 0.219. The standard InChI is InChI=1S/C15H20F3N5O2.HI/c1-19-14(20-8-11-3-2-4-13(7-11)23(24)25)21-12-5-6-22(9-12)10-15(16,17)18;/h2-4,7,12H,5-6,8-10H2,1H3,(H2,19,20,21);1H. The molecule has 0 radical (unpaired) electrons. The Balaban J connectivity index is 0.00000338. The normalized spacial score (nSPS) is 18.3. The van der Waals surface area contributed by atoms with Crippen LogP contribution in [0.2, 0.25) is 0 Å². The maximum absolute atomic E-state index is 12.4. The van der Waals surface area contributed by atoms with Crippen molar-refractivity contribution in [1.29, 1.82) is 0 Å². The van der Waals surface area contributed by atoms with Crippen LogP contribution in [0, 0.1) is 10.1 Å². The first kappa shape index (κ1) is 22.4. The van der Waals surface area contributed by atoms with E-state index in [1.54, 1.807) is 19.2 Å². The lowest BCUT2D eigenvalue weighted by molar-refractivity contribution is -0.384. The number of non-ortho nitro benzene ring substituents is 1. The minimum Gasteiger partial charge on any atom is -0.352 e. The summed E-state index contributed by atoms with van der Waals surface area (Å²) in [6.07, 6.45) is -3.61. The number of hydrogen-bond acceptors (Lipinski definition) is 4. The number of halogens is 4. The van der Waals surface area contributed by atoms with Crippen LogP contribution in [-0.4, -0.2) is 54.7 Å². The van der Waals surface area contributed by atoms with Gasteiger partial charge in [0.2, 0.25) is 0 Å². The van der Waals surface area contributed by atoms with Crippen LogP contribution in [0.4, 0.5) is 18.9 Å². The van der Waals surface area contributed by atoms with E-state index in [1.807, 2.05) is 0 Å². The number of aliphatic imine (C=N–C) groups is 1. The Hall–Kier alpha value is -1.63. The summed E-state index contributed by atoms with van der Waals surface area (Å²) in [7, 11) is 1.56. The van der Waals surface area contributed by atoms with Gasteiger partial charge in [0.15, 0.2) is 5.96 Å². The van der Waals surface area contributed by atoms with Crippen molar-refractivity contribution in [2.24, 2.45) is 4.99 Å². The molecule has 26 heavy (non-hydrogen) atoms. The highest BCUT2D eigenvalue weighted by Crippen LogP contribution is 2.20. The summed E-state index contributed by atoms with van der Waals surface area (Å²) in [5.41, 5.74) is 0.711. The molecule has 146 valence electrons. The van der Waals surface area contributed by atoms with Gasteiger partial charge in [0.05, 0.1) is 11.5 Å². The van der Waals surface area contributed by atoms with Crippen LogP contribution >= 0.6 is 24.0 Å². The summed E-state index contributed by atoms with van der Waals surface area (Å²) in [5, 5.41) is 16.9. The average molecular weight is 487 g/mol. The maximum atomic E-state index is 12.4. The highest BCUT2D eigenvalue weighted by molar-refractivity contribution is 14.0. The summed E-state index contributed by atoms with van der Waals surface area (Å²) < 4.78 is 37.2. The molecule has 0 spiro atoms. The summed E-state index contributed by atoms with van der Waals surface area (Å²) in [5.74, 6) is 0.449. The molecule has 0 saturated carbocycles. The van der Waals surface area contributed by atoms with Crippen molar-refractivity contribution in [3.05, 3.63) is 39.9 Å². The third kappa shape index (κ3) is 7.32. The zero-order valence-corrected chi connectivity index (χ0v) is 16.5. The van der Waals surface area contributed by atoms with Gasteiger partial charge in [0.25, 0.3) is 5.69 Å². The van der Waals surface area contributed by atoms with Crippen molar-refractivity contribution in [1.82, 2.24) is 15.5 Å². The van der Waals surface area contributed by atoms with E-state index < -0.39 is 17.6 Å². The third-order valence-corrected chi connectivity index (χ3v) is 3.82. The van der Waals surface area contributed by atoms with Crippen LogP contribution in [0.5, 0.6) is 0 Å². The minimum atomic E-state index is -4.20. The first-order chi connectivity index (χ1) is 11.8. The fourth-order valence-corrected chi connectivity index (χ4v) is 2.70.